The number of hydrogen-bond acceptors (Lipinski definition) is 4. The number of hydrogen-bond donors (Lipinski definition) is 3. The second kappa shape index (κ2) is 15.5. The Balaban J connectivity index is 0.00000461. The molecule has 0 saturated heterocycles. The number of fused-ring (bicyclic) bond motifs is 2. The Hall–Kier alpha value is -4.47. The lowest BCUT2D eigenvalue weighted by molar-refractivity contribution is -0.697. The van der Waals surface area contributed by atoms with Crippen molar-refractivity contribution >= 4 is 61.1 Å². The SMILES string of the molecule is CCC[n+]1cc(Br)cc(C(=O)NCC(C(=O)NC(C)OC(=O)Nc2cccc3ccccc23)c2ccc3ccccc3c2)c1.[Cl-]. The van der Waals surface area contributed by atoms with Crippen LogP contribution >= 0.6 is 15.9 Å². The number of amides is 3. The van der Waals surface area contributed by atoms with E-state index in [4.69, 9.17) is 4.74 Å². The van der Waals surface area contributed by atoms with Crippen LogP contribution < -0.4 is 32.9 Å². The monoisotopic (exact) mass is 688 g/mol. The van der Waals surface area contributed by atoms with E-state index in [2.05, 4.69) is 38.8 Å². The standard InChI is InChI=1S/C35H33BrN4O4.ClH/c1-3-17-40-21-28(19-29(36)22-40)33(41)37-20-31(27-16-15-24-9-4-5-11-26(24)18-27)34(42)38-23(2)44-35(43)39-32-14-8-12-25-10-6-7-13-30(25)32;/h4-16,18-19,21-23,31H,3,17,20H2,1-2H3,(H2-,37,38,39,41,42,43);1H. The van der Waals surface area contributed by atoms with Gasteiger partial charge in [0.15, 0.2) is 18.6 Å². The number of aryl methyl sites for hydroxylation is 1. The lowest BCUT2D eigenvalue weighted by Gasteiger charge is -2.22. The highest BCUT2D eigenvalue weighted by molar-refractivity contribution is 9.10. The molecule has 1 aromatic heterocycles. The van der Waals surface area contributed by atoms with E-state index in [0.29, 0.717) is 11.3 Å². The predicted octanol–water partition coefficient (Wildman–Crippen LogP) is 3.68. The van der Waals surface area contributed by atoms with Crippen LogP contribution in [-0.4, -0.2) is 30.7 Å². The molecule has 45 heavy (non-hydrogen) atoms. The van der Waals surface area contributed by atoms with E-state index < -0.39 is 18.2 Å². The molecule has 3 N–H and O–H groups in total. The highest BCUT2D eigenvalue weighted by Crippen LogP contribution is 2.24. The average Bonchev–Trinajstić information content (AvgIpc) is 3.01. The molecule has 0 spiro atoms. The first kappa shape index (κ1) is 33.4. The molecule has 0 aliphatic heterocycles. The first-order valence-electron chi connectivity index (χ1n) is 14.5. The van der Waals surface area contributed by atoms with Gasteiger partial charge in [0.25, 0.3) is 5.91 Å². The Kier molecular flexibility index (Phi) is 11.5. The van der Waals surface area contributed by atoms with Crippen LogP contribution in [0.5, 0.6) is 0 Å². The van der Waals surface area contributed by atoms with E-state index in [9.17, 15) is 14.4 Å². The number of ether oxygens (including phenoxy) is 1. The molecule has 0 saturated carbocycles. The van der Waals surface area contributed by atoms with E-state index >= 15 is 0 Å². The summed E-state index contributed by atoms with van der Waals surface area (Å²) in [6.45, 7) is 4.47. The maximum Gasteiger partial charge on any atom is 0.413 e. The lowest BCUT2D eigenvalue weighted by Crippen LogP contribution is -3.00. The zero-order valence-electron chi connectivity index (χ0n) is 24.9. The summed E-state index contributed by atoms with van der Waals surface area (Å²) in [6, 6.07) is 28.7. The minimum Gasteiger partial charge on any atom is -1.00 e. The molecule has 232 valence electrons. The number of nitrogens with one attached hydrogen (secondary N) is 3. The third-order valence-corrected chi connectivity index (χ3v) is 7.68. The van der Waals surface area contributed by atoms with Crippen molar-refractivity contribution in [2.75, 3.05) is 11.9 Å². The van der Waals surface area contributed by atoms with E-state index in [0.717, 1.165) is 44.5 Å². The highest BCUT2D eigenvalue weighted by atomic mass is 79.9. The fraction of sp³-hybridized carbons (Fsp3) is 0.200. The molecule has 1 heterocycles. The van der Waals surface area contributed by atoms with Gasteiger partial charge in [0.2, 0.25) is 5.91 Å². The summed E-state index contributed by atoms with van der Waals surface area (Å²) in [5, 5.41) is 12.4. The molecule has 0 bridgehead atoms. The van der Waals surface area contributed by atoms with E-state index in [1.165, 1.54) is 0 Å². The van der Waals surface area contributed by atoms with Gasteiger partial charge in [-0.25, -0.2) is 9.36 Å². The molecule has 0 radical (unpaired) electrons. The highest BCUT2D eigenvalue weighted by Gasteiger charge is 2.25. The number of rotatable bonds is 10. The number of carbonyl (C=O) groups excluding carboxylic acids is 3. The first-order valence-corrected chi connectivity index (χ1v) is 15.3. The molecule has 8 nitrogen and oxygen atoms in total. The summed E-state index contributed by atoms with van der Waals surface area (Å²) in [4.78, 5) is 39.6. The Morgan fingerprint density at radius 3 is 2.36 bits per heavy atom. The second-order valence-corrected chi connectivity index (χ2v) is 11.5. The minimum absolute atomic E-state index is 0. The number of nitrogens with zero attached hydrogens (tertiary/aromatic N) is 1. The summed E-state index contributed by atoms with van der Waals surface area (Å²) in [7, 11) is 0. The Morgan fingerprint density at radius 1 is 0.867 bits per heavy atom. The summed E-state index contributed by atoms with van der Waals surface area (Å²) in [5.41, 5.74) is 1.81. The van der Waals surface area contributed by atoms with Crippen molar-refractivity contribution in [2.24, 2.45) is 0 Å². The Bertz CT molecular complexity index is 1830. The molecule has 10 heteroatoms. The van der Waals surface area contributed by atoms with E-state index in [-0.39, 0.29) is 30.8 Å². The topological polar surface area (TPSA) is 100 Å². The fourth-order valence-electron chi connectivity index (χ4n) is 5.16. The molecule has 5 aromatic rings. The van der Waals surface area contributed by atoms with Crippen molar-refractivity contribution in [1.29, 1.82) is 0 Å². The fourth-order valence-corrected chi connectivity index (χ4v) is 5.67. The number of aromatic nitrogens is 1. The van der Waals surface area contributed by atoms with Crippen LogP contribution in [0.1, 0.15) is 42.1 Å². The third kappa shape index (κ3) is 8.59. The van der Waals surface area contributed by atoms with Crippen LogP contribution in [0.4, 0.5) is 10.5 Å². The molecule has 2 unspecified atom stereocenters. The van der Waals surface area contributed by atoms with Gasteiger partial charge in [-0.1, -0.05) is 85.8 Å². The molecule has 0 aliphatic rings. The number of anilines is 1. The van der Waals surface area contributed by atoms with Gasteiger partial charge in [-0.05, 0) is 56.7 Å². The van der Waals surface area contributed by atoms with Crippen molar-refractivity contribution < 1.29 is 36.1 Å². The van der Waals surface area contributed by atoms with E-state index in [1.54, 1.807) is 25.3 Å². The normalized spacial score (nSPS) is 12.1. The van der Waals surface area contributed by atoms with Crippen LogP contribution in [0, 0.1) is 0 Å². The maximum atomic E-state index is 13.7. The summed E-state index contributed by atoms with van der Waals surface area (Å²) >= 11 is 3.48. The maximum absolute atomic E-state index is 13.7. The van der Waals surface area contributed by atoms with Crippen molar-refractivity contribution in [2.45, 2.75) is 39.0 Å². The quantitative estimate of drug-likeness (QED) is 0.154. The summed E-state index contributed by atoms with van der Waals surface area (Å²) < 4.78 is 8.24. The lowest BCUT2D eigenvalue weighted by atomic mass is 9.95. The van der Waals surface area contributed by atoms with Gasteiger partial charge in [0.05, 0.1) is 16.1 Å². The molecular weight excluding hydrogens is 656 g/mol. The molecule has 4 aromatic carbocycles. The van der Waals surface area contributed by atoms with Gasteiger partial charge in [0.1, 0.15) is 12.1 Å². The van der Waals surface area contributed by atoms with Gasteiger partial charge in [-0.2, -0.15) is 0 Å². The van der Waals surface area contributed by atoms with Gasteiger partial charge in [0, 0.05) is 18.4 Å². The number of carbonyl (C=O) groups is 3. The van der Waals surface area contributed by atoms with Gasteiger partial charge < -0.3 is 27.8 Å². The van der Waals surface area contributed by atoms with Crippen molar-refractivity contribution in [3.05, 3.63) is 119 Å². The molecule has 5 rings (SSSR count). The number of benzene rings is 4. The van der Waals surface area contributed by atoms with Crippen LogP contribution in [0.2, 0.25) is 0 Å². The second-order valence-electron chi connectivity index (χ2n) is 10.6. The van der Waals surface area contributed by atoms with Crippen LogP contribution in [-0.2, 0) is 16.1 Å². The average molecular weight is 690 g/mol. The Labute approximate surface area is 276 Å². The summed E-state index contributed by atoms with van der Waals surface area (Å²) in [5.74, 6) is -1.43. The largest absolute Gasteiger partial charge is 1.00 e. The van der Waals surface area contributed by atoms with E-state index in [1.807, 2.05) is 89.6 Å². The van der Waals surface area contributed by atoms with Crippen molar-refractivity contribution in [3.8, 4) is 0 Å². The Morgan fingerprint density at radius 2 is 1.58 bits per heavy atom. The molecular formula is C35H34BrClN4O4. The zero-order valence-corrected chi connectivity index (χ0v) is 27.3. The number of pyridine rings is 1. The molecule has 3 amide bonds. The van der Waals surface area contributed by atoms with Crippen LogP contribution in [0.25, 0.3) is 21.5 Å². The van der Waals surface area contributed by atoms with Crippen molar-refractivity contribution in [1.82, 2.24) is 10.6 Å². The first-order chi connectivity index (χ1) is 21.3. The predicted molar refractivity (Wildman–Crippen MR) is 175 cm³/mol. The van der Waals surface area contributed by atoms with Gasteiger partial charge in [-0.3, -0.25) is 14.9 Å². The van der Waals surface area contributed by atoms with Crippen molar-refractivity contribution in [3.63, 3.8) is 0 Å². The van der Waals surface area contributed by atoms with Crippen LogP contribution in [0.15, 0.2) is 108 Å². The summed E-state index contributed by atoms with van der Waals surface area (Å²) in [6.07, 6.45) is 3.00. The van der Waals surface area contributed by atoms with Gasteiger partial charge in [-0.15, -0.1) is 0 Å². The molecule has 0 fully saturated rings. The number of halogens is 2. The third-order valence-electron chi connectivity index (χ3n) is 7.25. The molecule has 0 aliphatic carbocycles. The van der Waals surface area contributed by atoms with Gasteiger partial charge >= 0.3 is 6.09 Å². The molecule has 2 atom stereocenters. The zero-order chi connectivity index (χ0) is 31.1. The smallest absolute Gasteiger partial charge is 0.413 e. The van der Waals surface area contributed by atoms with Crippen LogP contribution in [0.3, 0.4) is 0 Å². The minimum atomic E-state index is -0.936.